The molecule has 25 heavy (non-hydrogen) atoms. The van der Waals surface area contributed by atoms with Crippen molar-refractivity contribution >= 4 is 27.3 Å². The van der Waals surface area contributed by atoms with Crippen molar-refractivity contribution in [3.8, 4) is 0 Å². The van der Waals surface area contributed by atoms with Crippen molar-refractivity contribution in [2.24, 2.45) is 0 Å². The van der Waals surface area contributed by atoms with Crippen LogP contribution in [-0.2, 0) is 26.0 Å². The van der Waals surface area contributed by atoms with Crippen molar-refractivity contribution in [2.75, 3.05) is 26.9 Å². The lowest BCUT2D eigenvalue weighted by atomic mass is 10.2. The highest BCUT2D eigenvalue weighted by Crippen LogP contribution is 2.21. The van der Waals surface area contributed by atoms with E-state index in [0.717, 1.165) is 4.88 Å². The Hall–Kier alpha value is -1.74. The molecule has 0 aliphatic rings. The minimum absolute atomic E-state index is 0.133. The first kappa shape index (κ1) is 19.6. The molecule has 136 valence electrons. The second kappa shape index (κ2) is 9.10. The number of hydrogen-bond acceptors (Lipinski definition) is 6. The summed E-state index contributed by atoms with van der Waals surface area (Å²) in [5.41, 5.74) is 0.322. The number of thiophene rings is 1. The van der Waals surface area contributed by atoms with Crippen LogP contribution in [0.5, 0.6) is 0 Å². The topological polar surface area (TPSA) is 72.9 Å². The number of esters is 1. The first-order chi connectivity index (χ1) is 12.0. The zero-order chi connectivity index (χ0) is 18.3. The van der Waals surface area contributed by atoms with E-state index in [9.17, 15) is 13.2 Å². The molecule has 1 aromatic heterocycles. The van der Waals surface area contributed by atoms with Gasteiger partial charge in [-0.25, -0.2) is 13.2 Å². The summed E-state index contributed by atoms with van der Waals surface area (Å²) in [6.07, 6.45) is 0. The normalized spacial score (nSPS) is 11.6. The Morgan fingerprint density at radius 3 is 2.48 bits per heavy atom. The third-order valence-corrected chi connectivity index (χ3v) is 6.18. The molecule has 1 aromatic carbocycles. The smallest absolute Gasteiger partial charge is 0.338 e. The van der Waals surface area contributed by atoms with E-state index in [-0.39, 0.29) is 24.6 Å². The zero-order valence-corrected chi connectivity index (χ0v) is 15.8. The third-order valence-electron chi connectivity index (χ3n) is 3.46. The average Bonchev–Trinajstić information content (AvgIpc) is 3.12. The standard InChI is InChI=1S/C17H21NO5S2/c1-3-23-17(19)14-6-8-16(9-7-14)25(20,21)18(10-11-22-2)13-15-5-4-12-24-15/h4-9,12H,3,10-11,13H2,1-2H3. The molecule has 0 bridgehead atoms. The van der Waals surface area contributed by atoms with Crippen LogP contribution in [0.2, 0.25) is 0 Å². The van der Waals surface area contributed by atoms with Crippen molar-refractivity contribution in [3.63, 3.8) is 0 Å². The summed E-state index contributed by atoms with van der Waals surface area (Å²) in [5.74, 6) is -0.471. The molecule has 6 nitrogen and oxygen atoms in total. The molecule has 2 rings (SSSR count). The van der Waals surface area contributed by atoms with Crippen LogP contribution in [0.3, 0.4) is 0 Å². The van der Waals surface area contributed by atoms with Gasteiger partial charge in [-0.1, -0.05) is 6.07 Å². The number of carbonyl (C=O) groups excluding carboxylic acids is 1. The average molecular weight is 383 g/mol. The van der Waals surface area contributed by atoms with Crippen LogP contribution in [0.1, 0.15) is 22.2 Å². The number of benzene rings is 1. The molecule has 0 aliphatic heterocycles. The van der Waals surface area contributed by atoms with Crippen LogP contribution in [-0.4, -0.2) is 45.6 Å². The minimum atomic E-state index is -3.70. The van der Waals surface area contributed by atoms with Gasteiger partial charge in [0.2, 0.25) is 10.0 Å². The number of methoxy groups -OCH3 is 1. The summed E-state index contributed by atoms with van der Waals surface area (Å²) in [7, 11) is -2.16. The number of rotatable bonds is 9. The molecular formula is C17H21NO5S2. The lowest BCUT2D eigenvalue weighted by Gasteiger charge is -2.21. The molecular weight excluding hydrogens is 362 g/mol. The quantitative estimate of drug-likeness (QED) is 0.623. The zero-order valence-electron chi connectivity index (χ0n) is 14.2. The number of nitrogens with zero attached hydrogens (tertiary/aromatic N) is 1. The molecule has 0 radical (unpaired) electrons. The molecule has 1 heterocycles. The lowest BCUT2D eigenvalue weighted by molar-refractivity contribution is 0.0526. The highest BCUT2D eigenvalue weighted by molar-refractivity contribution is 7.89. The van der Waals surface area contributed by atoms with Crippen molar-refractivity contribution in [2.45, 2.75) is 18.4 Å². The SMILES string of the molecule is CCOC(=O)c1ccc(S(=O)(=O)N(CCOC)Cc2cccs2)cc1. The van der Waals surface area contributed by atoms with Gasteiger partial charge in [0.25, 0.3) is 0 Å². The highest BCUT2D eigenvalue weighted by Gasteiger charge is 2.25. The summed E-state index contributed by atoms with van der Waals surface area (Å²) < 4.78 is 37.2. The fourth-order valence-corrected chi connectivity index (χ4v) is 4.38. The molecule has 0 saturated carbocycles. The molecule has 0 spiro atoms. The molecule has 0 unspecified atom stereocenters. The number of hydrogen-bond donors (Lipinski definition) is 0. The van der Waals surface area contributed by atoms with Crippen LogP contribution in [0, 0.1) is 0 Å². The first-order valence-corrected chi connectivity index (χ1v) is 10.1. The molecule has 0 amide bonds. The van der Waals surface area contributed by atoms with E-state index in [1.54, 1.807) is 6.92 Å². The molecule has 0 atom stereocenters. The Balaban J connectivity index is 2.24. The van der Waals surface area contributed by atoms with Gasteiger partial charge in [0, 0.05) is 25.1 Å². The maximum atomic E-state index is 12.9. The molecule has 0 aliphatic carbocycles. The summed E-state index contributed by atoms with van der Waals surface area (Å²) in [6, 6.07) is 9.56. The van der Waals surface area contributed by atoms with Crippen LogP contribution < -0.4 is 0 Å². The van der Waals surface area contributed by atoms with Gasteiger partial charge in [-0.05, 0) is 42.6 Å². The molecule has 0 saturated heterocycles. The summed E-state index contributed by atoms with van der Waals surface area (Å²) in [6.45, 7) is 2.81. The number of carbonyl (C=O) groups is 1. The predicted octanol–water partition coefficient (Wildman–Crippen LogP) is 2.76. The van der Waals surface area contributed by atoms with Crippen LogP contribution in [0.15, 0.2) is 46.7 Å². The minimum Gasteiger partial charge on any atom is -0.462 e. The number of ether oxygens (including phenoxy) is 2. The predicted molar refractivity (Wildman–Crippen MR) is 96.2 cm³/mol. The van der Waals surface area contributed by atoms with Crippen molar-refractivity contribution in [1.82, 2.24) is 4.31 Å². The maximum absolute atomic E-state index is 12.9. The molecule has 2 aromatic rings. The van der Waals surface area contributed by atoms with Crippen molar-refractivity contribution in [3.05, 3.63) is 52.2 Å². The maximum Gasteiger partial charge on any atom is 0.338 e. The second-order valence-electron chi connectivity index (χ2n) is 5.16. The largest absolute Gasteiger partial charge is 0.462 e. The Labute approximate surface area is 152 Å². The Morgan fingerprint density at radius 1 is 1.20 bits per heavy atom. The molecule has 8 heteroatoms. The van der Waals surface area contributed by atoms with E-state index in [2.05, 4.69) is 0 Å². The van der Waals surface area contributed by atoms with Gasteiger partial charge in [0.15, 0.2) is 0 Å². The second-order valence-corrected chi connectivity index (χ2v) is 8.13. The highest BCUT2D eigenvalue weighted by atomic mass is 32.2. The Bertz CT molecular complexity index is 770. The first-order valence-electron chi connectivity index (χ1n) is 7.77. The van der Waals surface area contributed by atoms with Crippen molar-refractivity contribution < 1.29 is 22.7 Å². The monoisotopic (exact) mass is 383 g/mol. The molecule has 0 fully saturated rings. The van der Waals surface area contributed by atoms with Gasteiger partial charge in [-0.15, -0.1) is 11.3 Å². The Morgan fingerprint density at radius 2 is 1.92 bits per heavy atom. The van der Waals surface area contributed by atoms with E-state index in [4.69, 9.17) is 9.47 Å². The lowest BCUT2D eigenvalue weighted by Crippen LogP contribution is -2.33. The summed E-state index contributed by atoms with van der Waals surface area (Å²) in [5, 5.41) is 1.91. The van der Waals surface area contributed by atoms with Gasteiger partial charge < -0.3 is 9.47 Å². The summed E-state index contributed by atoms with van der Waals surface area (Å²) in [4.78, 5) is 12.8. The Kier molecular flexibility index (Phi) is 7.12. The van der Waals surface area contributed by atoms with E-state index < -0.39 is 16.0 Å². The fourth-order valence-electron chi connectivity index (χ4n) is 2.18. The molecule has 0 N–H and O–H groups in total. The fraction of sp³-hybridized carbons (Fsp3) is 0.353. The van der Waals surface area contributed by atoms with Gasteiger partial charge in [0.05, 0.1) is 23.7 Å². The van der Waals surface area contributed by atoms with E-state index in [1.165, 1.54) is 47.0 Å². The third kappa shape index (κ3) is 5.12. The van der Waals surface area contributed by atoms with Crippen LogP contribution in [0.4, 0.5) is 0 Å². The van der Waals surface area contributed by atoms with Gasteiger partial charge in [-0.2, -0.15) is 4.31 Å². The van der Waals surface area contributed by atoms with Crippen LogP contribution >= 0.6 is 11.3 Å². The van der Waals surface area contributed by atoms with Crippen molar-refractivity contribution in [1.29, 1.82) is 0 Å². The van der Waals surface area contributed by atoms with E-state index in [0.29, 0.717) is 12.2 Å². The summed E-state index contributed by atoms with van der Waals surface area (Å²) >= 11 is 1.50. The van der Waals surface area contributed by atoms with E-state index >= 15 is 0 Å². The van der Waals surface area contributed by atoms with Gasteiger partial charge in [0.1, 0.15) is 0 Å². The van der Waals surface area contributed by atoms with E-state index in [1.807, 2.05) is 17.5 Å². The van der Waals surface area contributed by atoms with Gasteiger partial charge >= 0.3 is 5.97 Å². The van der Waals surface area contributed by atoms with Gasteiger partial charge in [-0.3, -0.25) is 0 Å². The van der Waals surface area contributed by atoms with Crippen LogP contribution in [0.25, 0.3) is 0 Å². The number of sulfonamides is 1.